The van der Waals surface area contributed by atoms with Crippen molar-refractivity contribution in [3.05, 3.63) is 65.5 Å². The maximum atomic E-state index is 13.3. The van der Waals surface area contributed by atoms with Gasteiger partial charge in [-0.25, -0.2) is 9.97 Å². The van der Waals surface area contributed by atoms with Crippen molar-refractivity contribution < 1.29 is 14.3 Å². The minimum atomic E-state index is -0.316. The predicted octanol–water partition coefficient (Wildman–Crippen LogP) is 3.80. The van der Waals surface area contributed by atoms with Crippen LogP contribution >= 0.6 is 0 Å². The Morgan fingerprint density at radius 1 is 1.21 bits per heavy atom. The third-order valence-electron chi connectivity index (χ3n) is 5.79. The van der Waals surface area contributed by atoms with Crippen molar-refractivity contribution in [1.29, 1.82) is 0 Å². The Labute approximate surface area is 192 Å². The van der Waals surface area contributed by atoms with Crippen molar-refractivity contribution in [2.45, 2.75) is 45.7 Å². The van der Waals surface area contributed by atoms with Crippen LogP contribution in [-0.4, -0.2) is 50.1 Å². The molecule has 0 bridgehead atoms. The summed E-state index contributed by atoms with van der Waals surface area (Å²) in [5.41, 5.74) is 2.06. The fourth-order valence-electron chi connectivity index (χ4n) is 4.13. The molecule has 33 heavy (non-hydrogen) atoms. The SMILES string of the molecule is COc1ccccc1NC(=O)c1cnc(C2CCCN2C(=O)c2ccnn2C(C)C)nc1C. The first-order valence-corrected chi connectivity index (χ1v) is 11.0. The molecule has 0 spiro atoms. The number of anilines is 1. The van der Waals surface area contributed by atoms with E-state index in [1.807, 2.05) is 26.0 Å². The molecule has 3 heterocycles. The van der Waals surface area contributed by atoms with Crippen LogP contribution in [0.3, 0.4) is 0 Å². The molecule has 1 saturated heterocycles. The highest BCUT2D eigenvalue weighted by Crippen LogP contribution is 2.32. The number of ether oxygens (including phenoxy) is 1. The van der Waals surface area contributed by atoms with Gasteiger partial charge in [-0.2, -0.15) is 5.10 Å². The van der Waals surface area contributed by atoms with Crippen molar-refractivity contribution in [3.63, 3.8) is 0 Å². The molecular formula is C24H28N6O3. The van der Waals surface area contributed by atoms with Crippen LogP contribution in [0.2, 0.25) is 0 Å². The number of carbonyl (C=O) groups is 2. The van der Waals surface area contributed by atoms with E-state index in [0.717, 1.165) is 12.8 Å². The number of hydrogen-bond acceptors (Lipinski definition) is 6. The summed E-state index contributed by atoms with van der Waals surface area (Å²) in [6.45, 7) is 6.39. The van der Waals surface area contributed by atoms with Crippen LogP contribution in [-0.2, 0) is 0 Å². The largest absolute Gasteiger partial charge is 0.495 e. The minimum Gasteiger partial charge on any atom is -0.495 e. The number of aryl methyl sites for hydroxylation is 1. The van der Waals surface area contributed by atoms with E-state index in [4.69, 9.17) is 4.74 Å². The number of benzene rings is 1. The summed E-state index contributed by atoms with van der Waals surface area (Å²) >= 11 is 0. The number of para-hydroxylation sites is 2. The van der Waals surface area contributed by atoms with Gasteiger partial charge in [0.05, 0.1) is 30.1 Å². The van der Waals surface area contributed by atoms with E-state index < -0.39 is 0 Å². The van der Waals surface area contributed by atoms with E-state index in [2.05, 4.69) is 20.4 Å². The number of carbonyl (C=O) groups excluding carboxylic acids is 2. The molecule has 0 aliphatic carbocycles. The maximum absolute atomic E-state index is 13.3. The number of amides is 2. The summed E-state index contributed by atoms with van der Waals surface area (Å²) in [6.07, 6.45) is 4.81. The number of likely N-dealkylation sites (tertiary alicyclic amines) is 1. The Balaban J connectivity index is 1.55. The fraction of sp³-hybridized carbons (Fsp3) is 0.375. The lowest BCUT2D eigenvalue weighted by molar-refractivity contribution is 0.0714. The van der Waals surface area contributed by atoms with Crippen molar-refractivity contribution in [3.8, 4) is 5.75 Å². The molecule has 0 saturated carbocycles. The van der Waals surface area contributed by atoms with Crippen LogP contribution in [0.1, 0.15) is 71.1 Å². The quantitative estimate of drug-likeness (QED) is 0.615. The topological polar surface area (TPSA) is 102 Å². The first-order valence-electron chi connectivity index (χ1n) is 11.0. The molecule has 1 atom stereocenters. The zero-order valence-corrected chi connectivity index (χ0v) is 19.3. The number of methoxy groups -OCH3 is 1. The molecule has 4 rings (SSSR count). The second-order valence-corrected chi connectivity index (χ2v) is 8.29. The van der Waals surface area contributed by atoms with E-state index in [0.29, 0.717) is 40.8 Å². The van der Waals surface area contributed by atoms with Gasteiger partial charge in [-0.3, -0.25) is 14.3 Å². The van der Waals surface area contributed by atoms with Gasteiger partial charge in [0.2, 0.25) is 0 Å². The van der Waals surface area contributed by atoms with Crippen LogP contribution in [0.25, 0.3) is 0 Å². The Hall–Kier alpha value is -3.75. The predicted molar refractivity (Wildman–Crippen MR) is 123 cm³/mol. The number of hydrogen-bond donors (Lipinski definition) is 1. The highest BCUT2D eigenvalue weighted by atomic mass is 16.5. The molecule has 1 fully saturated rings. The lowest BCUT2D eigenvalue weighted by Crippen LogP contribution is -2.33. The van der Waals surface area contributed by atoms with Crippen molar-refractivity contribution in [2.24, 2.45) is 0 Å². The van der Waals surface area contributed by atoms with Gasteiger partial charge in [0.15, 0.2) is 5.82 Å². The van der Waals surface area contributed by atoms with Crippen molar-refractivity contribution in [1.82, 2.24) is 24.6 Å². The lowest BCUT2D eigenvalue weighted by atomic mass is 10.1. The number of nitrogens with zero attached hydrogens (tertiary/aromatic N) is 5. The molecular weight excluding hydrogens is 420 g/mol. The summed E-state index contributed by atoms with van der Waals surface area (Å²) < 4.78 is 7.03. The Bertz CT molecular complexity index is 1170. The molecule has 1 N–H and O–H groups in total. The zero-order chi connectivity index (χ0) is 23.5. The van der Waals surface area contributed by atoms with E-state index >= 15 is 0 Å². The van der Waals surface area contributed by atoms with Gasteiger partial charge in [-0.15, -0.1) is 0 Å². The normalized spacial score (nSPS) is 15.7. The third-order valence-corrected chi connectivity index (χ3v) is 5.79. The number of aromatic nitrogens is 4. The molecule has 1 aliphatic rings. The van der Waals surface area contributed by atoms with E-state index in [1.165, 1.54) is 6.20 Å². The van der Waals surface area contributed by atoms with Gasteiger partial charge in [0.25, 0.3) is 11.8 Å². The van der Waals surface area contributed by atoms with Gasteiger partial charge < -0.3 is 15.0 Å². The highest BCUT2D eigenvalue weighted by Gasteiger charge is 2.34. The first kappa shape index (κ1) is 22.4. The lowest BCUT2D eigenvalue weighted by Gasteiger charge is -2.24. The van der Waals surface area contributed by atoms with Gasteiger partial charge in [0.1, 0.15) is 11.4 Å². The summed E-state index contributed by atoms with van der Waals surface area (Å²) in [6, 6.07) is 8.79. The molecule has 9 nitrogen and oxygen atoms in total. The molecule has 172 valence electrons. The second-order valence-electron chi connectivity index (χ2n) is 8.29. The summed E-state index contributed by atoms with van der Waals surface area (Å²) in [5, 5.41) is 7.13. The van der Waals surface area contributed by atoms with E-state index in [1.54, 1.807) is 48.0 Å². The minimum absolute atomic E-state index is 0.0806. The van der Waals surface area contributed by atoms with Gasteiger partial charge >= 0.3 is 0 Å². The molecule has 1 aromatic carbocycles. The highest BCUT2D eigenvalue weighted by molar-refractivity contribution is 6.05. The second kappa shape index (κ2) is 9.40. The monoisotopic (exact) mass is 448 g/mol. The first-order chi connectivity index (χ1) is 15.9. The molecule has 1 aliphatic heterocycles. The Kier molecular flexibility index (Phi) is 6.39. The van der Waals surface area contributed by atoms with Crippen LogP contribution in [0.5, 0.6) is 5.75 Å². The molecule has 1 unspecified atom stereocenters. The third kappa shape index (κ3) is 4.44. The van der Waals surface area contributed by atoms with Crippen molar-refractivity contribution >= 4 is 17.5 Å². The Morgan fingerprint density at radius 2 is 2.00 bits per heavy atom. The zero-order valence-electron chi connectivity index (χ0n) is 19.3. The molecule has 2 aromatic heterocycles. The van der Waals surface area contributed by atoms with Crippen molar-refractivity contribution in [2.75, 3.05) is 19.0 Å². The number of rotatable bonds is 6. The van der Waals surface area contributed by atoms with Gasteiger partial charge in [-0.1, -0.05) is 12.1 Å². The fourth-order valence-corrected chi connectivity index (χ4v) is 4.13. The molecule has 2 amide bonds. The standard InChI is InChI=1S/C24H28N6O3/c1-15(2)30-20(11-12-26-30)24(32)29-13-7-9-19(29)22-25-14-17(16(3)27-22)23(31)28-18-8-5-6-10-21(18)33-4/h5-6,8,10-12,14-15,19H,7,9,13H2,1-4H3,(H,28,31). The van der Waals surface area contributed by atoms with Crippen LogP contribution < -0.4 is 10.1 Å². The Morgan fingerprint density at radius 3 is 2.73 bits per heavy atom. The average Bonchev–Trinajstić information content (AvgIpc) is 3.49. The van der Waals surface area contributed by atoms with Crippen LogP contribution in [0.4, 0.5) is 5.69 Å². The molecule has 0 radical (unpaired) electrons. The summed E-state index contributed by atoms with van der Waals surface area (Å²) in [5.74, 6) is 0.719. The van der Waals surface area contributed by atoms with Crippen LogP contribution in [0.15, 0.2) is 42.7 Å². The molecule has 9 heteroatoms. The average molecular weight is 449 g/mol. The smallest absolute Gasteiger partial charge is 0.272 e. The van der Waals surface area contributed by atoms with E-state index in [9.17, 15) is 9.59 Å². The van der Waals surface area contributed by atoms with E-state index in [-0.39, 0.29) is 23.9 Å². The summed E-state index contributed by atoms with van der Waals surface area (Å²) in [4.78, 5) is 37.0. The summed E-state index contributed by atoms with van der Waals surface area (Å²) in [7, 11) is 1.55. The van der Waals surface area contributed by atoms with Gasteiger partial charge in [-0.05, 0) is 51.8 Å². The maximum Gasteiger partial charge on any atom is 0.272 e. The number of nitrogens with one attached hydrogen (secondary N) is 1. The molecule has 3 aromatic rings. The van der Waals surface area contributed by atoms with Gasteiger partial charge in [0, 0.05) is 25.0 Å². The van der Waals surface area contributed by atoms with Crippen LogP contribution in [0, 0.1) is 6.92 Å².